The summed E-state index contributed by atoms with van der Waals surface area (Å²) in [7, 11) is 1.19. The Morgan fingerprint density at radius 3 is 2.62 bits per heavy atom. The standard InChI is InChI=1S/C18H24N2O6/c1-12(17(21)19-11-13-6-4-3-5-7-13)26-16-9-8-14(18(22)25-2)10-15(16)20(23)24/h8-10,12-13H,3-7,11H2,1-2H3,(H,19,21)/t12-/m0/s1. The molecule has 1 aliphatic rings. The number of esters is 1. The van der Waals surface area contributed by atoms with Crippen LogP contribution in [0.5, 0.6) is 5.75 Å². The van der Waals surface area contributed by atoms with Crippen molar-refractivity contribution in [1.82, 2.24) is 5.32 Å². The largest absolute Gasteiger partial charge is 0.474 e. The third-order valence-corrected chi connectivity index (χ3v) is 4.54. The van der Waals surface area contributed by atoms with Gasteiger partial charge in [0.15, 0.2) is 11.9 Å². The van der Waals surface area contributed by atoms with Gasteiger partial charge in [0.1, 0.15) is 0 Å². The molecule has 1 aliphatic carbocycles. The van der Waals surface area contributed by atoms with Gasteiger partial charge in [-0.1, -0.05) is 19.3 Å². The van der Waals surface area contributed by atoms with Crippen molar-refractivity contribution in [2.24, 2.45) is 5.92 Å². The molecular formula is C18H24N2O6. The fourth-order valence-corrected chi connectivity index (χ4v) is 3.03. The molecule has 0 saturated heterocycles. The summed E-state index contributed by atoms with van der Waals surface area (Å²) < 4.78 is 10.0. The molecular weight excluding hydrogens is 340 g/mol. The third kappa shape index (κ3) is 5.18. The molecule has 0 aromatic heterocycles. The number of methoxy groups -OCH3 is 1. The summed E-state index contributed by atoms with van der Waals surface area (Å²) in [5.74, 6) is -0.587. The minimum atomic E-state index is -0.888. The lowest BCUT2D eigenvalue weighted by atomic mass is 9.89. The van der Waals surface area contributed by atoms with E-state index >= 15 is 0 Å². The van der Waals surface area contributed by atoms with E-state index in [0.29, 0.717) is 12.5 Å². The monoisotopic (exact) mass is 364 g/mol. The molecule has 2 rings (SSSR count). The summed E-state index contributed by atoms with van der Waals surface area (Å²) in [6.07, 6.45) is 4.94. The van der Waals surface area contributed by atoms with Gasteiger partial charge in [0.2, 0.25) is 0 Å². The van der Waals surface area contributed by atoms with Gasteiger partial charge in [0.05, 0.1) is 17.6 Å². The van der Waals surface area contributed by atoms with Crippen molar-refractivity contribution >= 4 is 17.6 Å². The molecule has 1 N–H and O–H groups in total. The van der Waals surface area contributed by atoms with Crippen molar-refractivity contribution in [1.29, 1.82) is 0 Å². The first kappa shape index (κ1) is 19.7. The Hall–Kier alpha value is -2.64. The molecule has 0 aliphatic heterocycles. The molecule has 1 aromatic rings. The lowest BCUT2D eigenvalue weighted by Crippen LogP contribution is -2.39. The van der Waals surface area contributed by atoms with Crippen molar-refractivity contribution in [3.05, 3.63) is 33.9 Å². The zero-order valence-electron chi connectivity index (χ0n) is 15.0. The maximum atomic E-state index is 12.2. The molecule has 0 unspecified atom stereocenters. The van der Waals surface area contributed by atoms with Gasteiger partial charge in [0, 0.05) is 12.6 Å². The topological polar surface area (TPSA) is 108 Å². The summed E-state index contributed by atoms with van der Waals surface area (Å²) in [4.78, 5) is 34.3. The highest BCUT2D eigenvalue weighted by atomic mass is 16.6. The second-order valence-electron chi connectivity index (χ2n) is 6.44. The molecule has 0 bridgehead atoms. The maximum Gasteiger partial charge on any atom is 0.338 e. The van der Waals surface area contributed by atoms with Crippen molar-refractivity contribution in [2.45, 2.75) is 45.1 Å². The van der Waals surface area contributed by atoms with Gasteiger partial charge in [-0.3, -0.25) is 14.9 Å². The van der Waals surface area contributed by atoms with E-state index in [9.17, 15) is 19.7 Å². The molecule has 8 heteroatoms. The van der Waals surface area contributed by atoms with E-state index in [4.69, 9.17) is 4.74 Å². The van der Waals surface area contributed by atoms with Crippen LogP contribution in [0.3, 0.4) is 0 Å². The van der Waals surface area contributed by atoms with Gasteiger partial charge in [-0.15, -0.1) is 0 Å². The summed E-state index contributed by atoms with van der Waals surface area (Å²) in [5.41, 5.74) is -0.346. The highest BCUT2D eigenvalue weighted by Gasteiger charge is 2.24. The van der Waals surface area contributed by atoms with Crippen molar-refractivity contribution in [2.75, 3.05) is 13.7 Å². The Kier molecular flexibility index (Phi) is 6.94. The van der Waals surface area contributed by atoms with Crippen LogP contribution in [0.2, 0.25) is 0 Å². The van der Waals surface area contributed by atoms with Gasteiger partial charge < -0.3 is 14.8 Å². The van der Waals surface area contributed by atoms with Crippen molar-refractivity contribution < 1.29 is 24.0 Å². The van der Waals surface area contributed by atoms with Gasteiger partial charge >= 0.3 is 11.7 Å². The zero-order chi connectivity index (χ0) is 19.1. The molecule has 26 heavy (non-hydrogen) atoms. The SMILES string of the molecule is COC(=O)c1ccc(O[C@@H](C)C(=O)NCC2CCCCC2)c([N+](=O)[O-])c1. The van der Waals surface area contributed by atoms with Gasteiger partial charge in [-0.2, -0.15) is 0 Å². The van der Waals surface area contributed by atoms with E-state index in [0.717, 1.165) is 18.9 Å². The van der Waals surface area contributed by atoms with Gasteiger partial charge in [-0.05, 0) is 37.8 Å². The van der Waals surface area contributed by atoms with E-state index in [2.05, 4.69) is 10.1 Å². The Morgan fingerprint density at radius 1 is 1.31 bits per heavy atom. The van der Waals surface area contributed by atoms with Crippen LogP contribution in [0.25, 0.3) is 0 Å². The van der Waals surface area contributed by atoms with Crippen LogP contribution in [0, 0.1) is 16.0 Å². The molecule has 1 atom stereocenters. The predicted molar refractivity (Wildman–Crippen MR) is 94.1 cm³/mol. The number of benzene rings is 1. The van der Waals surface area contributed by atoms with Gasteiger partial charge in [-0.25, -0.2) is 4.79 Å². The van der Waals surface area contributed by atoms with Crippen LogP contribution in [-0.2, 0) is 9.53 Å². The highest BCUT2D eigenvalue weighted by Crippen LogP contribution is 2.29. The lowest BCUT2D eigenvalue weighted by molar-refractivity contribution is -0.386. The van der Waals surface area contributed by atoms with Crippen molar-refractivity contribution in [3.8, 4) is 5.75 Å². The Bertz CT molecular complexity index is 670. The molecule has 1 amide bonds. The first-order valence-corrected chi connectivity index (χ1v) is 8.73. The Morgan fingerprint density at radius 2 is 2.00 bits per heavy atom. The average Bonchev–Trinajstić information content (AvgIpc) is 2.66. The quantitative estimate of drug-likeness (QED) is 0.453. The van der Waals surface area contributed by atoms with Crippen LogP contribution < -0.4 is 10.1 Å². The summed E-state index contributed by atoms with van der Waals surface area (Å²) in [5, 5.41) is 14.1. The molecule has 0 heterocycles. The second-order valence-corrected chi connectivity index (χ2v) is 6.44. The highest BCUT2D eigenvalue weighted by molar-refractivity contribution is 5.90. The number of amides is 1. The van der Waals surface area contributed by atoms with Crippen LogP contribution in [-0.4, -0.2) is 36.6 Å². The summed E-state index contributed by atoms with van der Waals surface area (Å²) in [6, 6.07) is 3.74. The number of nitrogens with one attached hydrogen (secondary N) is 1. The van der Waals surface area contributed by atoms with Crippen molar-refractivity contribution in [3.63, 3.8) is 0 Å². The number of nitro benzene ring substituents is 1. The number of ether oxygens (including phenoxy) is 2. The maximum absolute atomic E-state index is 12.2. The van der Waals surface area contributed by atoms with Crippen LogP contribution >= 0.6 is 0 Å². The Balaban J connectivity index is 2.00. The molecule has 0 spiro atoms. The van der Waals surface area contributed by atoms with Gasteiger partial charge in [0.25, 0.3) is 5.91 Å². The first-order chi connectivity index (χ1) is 12.4. The molecule has 1 saturated carbocycles. The number of nitro groups is 1. The second kappa shape index (κ2) is 9.17. The molecule has 0 radical (unpaired) electrons. The number of hydrogen-bond acceptors (Lipinski definition) is 6. The molecule has 1 aromatic carbocycles. The smallest absolute Gasteiger partial charge is 0.338 e. The van der Waals surface area contributed by atoms with Crippen LogP contribution in [0.15, 0.2) is 18.2 Å². The summed E-state index contributed by atoms with van der Waals surface area (Å²) in [6.45, 7) is 2.13. The first-order valence-electron chi connectivity index (χ1n) is 8.73. The fourth-order valence-electron chi connectivity index (χ4n) is 3.03. The molecule has 8 nitrogen and oxygen atoms in total. The fraction of sp³-hybridized carbons (Fsp3) is 0.556. The number of rotatable bonds is 7. The molecule has 142 valence electrons. The number of nitrogens with zero attached hydrogens (tertiary/aromatic N) is 1. The number of carbonyl (C=O) groups is 2. The van der Waals surface area contributed by atoms with E-state index < -0.39 is 17.0 Å². The lowest BCUT2D eigenvalue weighted by Gasteiger charge is -2.22. The van der Waals surface area contributed by atoms with E-state index in [1.807, 2.05) is 0 Å². The molecule has 1 fully saturated rings. The third-order valence-electron chi connectivity index (χ3n) is 4.54. The van der Waals surface area contributed by atoms with Crippen LogP contribution in [0.4, 0.5) is 5.69 Å². The van der Waals surface area contributed by atoms with E-state index in [-0.39, 0.29) is 22.9 Å². The van der Waals surface area contributed by atoms with E-state index in [1.54, 1.807) is 0 Å². The minimum Gasteiger partial charge on any atom is -0.474 e. The Labute approximate surface area is 152 Å². The number of hydrogen-bond donors (Lipinski definition) is 1. The van der Waals surface area contributed by atoms with Crippen LogP contribution in [0.1, 0.15) is 49.4 Å². The zero-order valence-corrected chi connectivity index (χ0v) is 15.0. The predicted octanol–water partition coefficient (Wildman–Crippen LogP) is 2.85. The normalized spacial score (nSPS) is 15.8. The minimum absolute atomic E-state index is 0.0425. The average molecular weight is 364 g/mol. The van der Waals surface area contributed by atoms with E-state index in [1.165, 1.54) is 45.4 Å². The summed E-state index contributed by atoms with van der Waals surface area (Å²) >= 11 is 0. The number of carbonyl (C=O) groups excluding carboxylic acids is 2.